The van der Waals surface area contributed by atoms with Crippen LogP contribution in [0.2, 0.25) is 0 Å². The zero-order valence-corrected chi connectivity index (χ0v) is 13.2. The molecule has 0 bridgehead atoms. The maximum atomic E-state index is 8.74. The van der Waals surface area contributed by atoms with Gasteiger partial charge in [-0.2, -0.15) is 0 Å². The smallest absolute Gasteiger partial charge is 0.0431 e. The minimum Gasteiger partial charge on any atom is -0.396 e. The van der Waals surface area contributed by atoms with Gasteiger partial charge in [-0.05, 0) is 36.0 Å². The van der Waals surface area contributed by atoms with Crippen molar-refractivity contribution in [3.8, 4) is 11.1 Å². The third kappa shape index (κ3) is 5.50. The minimum atomic E-state index is 0.330. The molecule has 1 N–H and O–H groups in total. The fraction of sp³-hybridized carbons (Fsp3) is 0.333. The van der Waals surface area contributed by atoms with Gasteiger partial charge in [0.25, 0.3) is 0 Å². The SMILES string of the molecule is OCCCCCCC/C=C/c1ccccc1-c1ccccc1. The van der Waals surface area contributed by atoms with E-state index in [0.29, 0.717) is 6.61 Å². The molecule has 0 aliphatic rings. The summed E-state index contributed by atoms with van der Waals surface area (Å²) < 4.78 is 0. The van der Waals surface area contributed by atoms with Crippen LogP contribution in [0.5, 0.6) is 0 Å². The highest BCUT2D eigenvalue weighted by atomic mass is 16.2. The molecule has 2 aromatic carbocycles. The minimum absolute atomic E-state index is 0.330. The molecule has 116 valence electrons. The molecule has 1 nitrogen and oxygen atoms in total. The average Bonchev–Trinajstić information content (AvgIpc) is 2.58. The van der Waals surface area contributed by atoms with E-state index in [1.165, 1.54) is 36.0 Å². The number of benzene rings is 2. The first-order chi connectivity index (χ1) is 10.9. The van der Waals surface area contributed by atoms with Gasteiger partial charge in [0, 0.05) is 6.61 Å². The zero-order chi connectivity index (χ0) is 15.5. The highest BCUT2D eigenvalue weighted by molar-refractivity contribution is 5.75. The van der Waals surface area contributed by atoms with Crippen molar-refractivity contribution in [1.29, 1.82) is 0 Å². The molecule has 0 spiro atoms. The number of rotatable bonds is 9. The van der Waals surface area contributed by atoms with Crippen LogP contribution in [0.15, 0.2) is 60.7 Å². The number of hydrogen-bond acceptors (Lipinski definition) is 1. The summed E-state index contributed by atoms with van der Waals surface area (Å²) in [5.41, 5.74) is 3.85. The standard InChI is InChI=1S/C21H26O/c22-18-12-5-3-1-2-4-7-13-20-16-10-11-17-21(20)19-14-8-6-9-15-19/h6-11,13-17,22H,1-5,12,18H2/b13-7+. The van der Waals surface area contributed by atoms with E-state index < -0.39 is 0 Å². The molecular formula is C21H26O. The Morgan fingerprint density at radius 1 is 0.727 bits per heavy atom. The number of aliphatic hydroxyl groups excluding tert-OH is 1. The molecule has 2 aromatic rings. The van der Waals surface area contributed by atoms with E-state index in [1.807, 2.05) is 0 Å². The molecule has 0 heterocycles. The van der Waals surface area contributed by atoms with Crippen LogP contribution in [-0.2, 0) is 0 Å². The summed E-state index contributed by atoms with van der Waals surface area (Å²) >= 11 is 0. The van der Waals surface area contributed by atoms with Crippen LogP contribution in [0.3, 0.4) is 0 Å². The van der Waals surface area contributed by atoms with Gasteiger partial charge in [-0.1, -0.05) is 86.0 Å². The second kappa shape index (κ2) is 9.97. The van der Waals surface area contributed by atoms with E-state index >= 15 is 0 Å². The topological polar surface area (TPSA) is 20.2 Å². The molecule has 0 aliphatic heterocycles. The van der Waals surface area contributed by atoms with Crippen LogP contribution in [0.1, 0.15) is 44.1 Å². The molecule has 0 radical (unpaired) electrons. The maximum absolute atomic E-state index is 8.74. The van der Waals surface area contributed by atoms with Crippen molar-refractivity contribution in [2.24, 2.45) is 0 Å². The summed E-state index contributed by atoms with van der Waals surface area (Å²) in [6.07, 6.45) is 11.5. The van der Waals surface area contributed by atoms with Gasteiger partial charge in [-0.3, -0.25) is 0 Å². The van der Waals surface area contributed by atoms with Crippen molar-refractivity contribution >= 4 is 6.08 Å². The molecule has 0 saturated carbocycles. The number of aliphatic hydroxyl groups is 1. The summed E-state index contributed by atoms with van der Waals surface area (Å²) in [7, 11) is 0. The van der Waals surface area contributed by atoms with E-state index in [9.17, 15) is 0 Å². The lowest BCUT2D eigenvalue weighted by atomic mass is 9.99. The largest absolute Gasteiger partial charge is 0.396 e. The van der Waals surface area contributed by atoms with Gasteiger partial charge in [0.1, 0.15) is 0 Å². The summed E-state index contributed by atoms with van der Waals surface area (Å²) in [5, 5.41) is 8.74. The fourth-order valence-electron chi connectivity index (χ4n) is 2.64. The van der Waals surface area contributed by atoms with Crippen molar-refractivity contribution in [3.63, 3.8) is 0 Å². The van der Waals surface area contributed by atoms with Crippen LogP contribution < -0.4 is 0 Å². The lowest BCUT2D eigenvalue weighted by molar-refractivity contribution is 0.282. The lowest BCUT2D eigenvalue weighted by Gasteiger charge is -2.06. The summed E-state index contributed by atoms with van der Waals surface area (Å²) in [5.74, 6) is 0. The molecule has 0 atom stereocenters. The van der Waals surface area contributed by atoms with Crippen molar-refractivity contribution < 1.29 is 5.11 Å². The van der Waals surface area contributed by atoms with E-state index in [4.69, 9.17) is 5.11 Å². The molecular weight excluding hydrogens is 268 g/mol. The number of hydrogen-bond donors (Lipinski definition) is 1. The predicted octanol–water partition coefficient (Wildman–Crippen LogP) is 5.70. The summed E-state index contributed by atoms with van der Waals surface area (Å²) in [6, 6.07) is 19.1. The Hall–Kier alpha value is -1.86. The van der Waals surface area contributed by atoms with Crippen LogP contribution in [-0.4, -0.2) is 11.7 Å². The van der Waals surface area contributed by atoms with Crippen LogP contribution in [0.25, 0.3) is 17.2 Å². The van der Waals surface area contributed by atoms with E-state index in [-0.39, 0.29) is 0 Å². The predicted molar refractivity (Wildman–Crippen MR) is 95.7 cm³/mol. The summed E-state index contributed by atoms with van der Waals surface area (Å²) in [6.45, 7) is 0.330. The van der Waals surface area contributed by atoms with Crippen LogP contribution in [0, 0.1) is 0 Å². The van der Waals surface area contributed by atoms with Crippen molar-refractivity contribution in [2.45, 2.75) is 38.5 Å². The first kappa shape index (κ1) is 16.5. The maximum Gasteiger partial charge on any atom is 0.0431 e. The lowest BCUT2D eigenvalue weighted by Crippen LogP contribution is -1.83. The van der Waals surface area contributed by atoms with Crippen molar-refractivity contribution in [3.05, 3.63) is 66.2 Å². The van der Waals surface area contributed by atoms with Crippen LogP contribution in [0.4, 0.5) is 0 Å². The molecule has 0 aliphatic carbocycles. The number of allylic oxidation sites excluding steroid dienone is 1. The van der Waals surface area contributed by atoms with Gasteiger partial charge in [0.2, 0.25) is 0 Å². The first-order valence-electron chi connectivity index (χ1n) is 8.33. The molecule has 0 fully saturated rings. The Balaban J connectivity index is 1.86. The fourth-order valence-corrected chi connectivity index (χ4v) is 2.64. The summed E-state index contributed by atoms with van der Waals surface area (Å²) in [4.78, 5) is 0. The normalized spacial score (nSPS) is 11.1. The second-order valence-electron chi connectivity index (χ2n) is 5.64. The Labute approximate surface area is 134 Å². The van der Waals surface area contributed by atoms with E-state index in [1.54, 1.807) is 0 Å². The molecule has 2 rings (SSSR count). The van der Waals surface area contributed by atoms with Gasteiger partial charge < -0.3 is 5.11 Å². The first-order valence-corrected chi connectivity index (χ1v) is 8.33. The highest BCUT2D eigenvalue weighted by Crippen LogP contribution is 2.24. The van der Waals surface area contributed by atoms with Crippen molar-refractivity contribution in [2.75, 3.05) is 6.61 Å². The Morgan fingerprint density at radius 3 is 2.23 bits per heavy atom. The molecule has 0 unspecified atom stereocenters. The number of unbranched alkanes of at least 4 members (excludes halogenated alkanes) is 5. The molecule has 1 heteroatoms. The Bertz CT molecular complexity index is 557. The van der Waals surface area contributed by atoms with Gasteiger partial charge in [0.05, 0.1) is 0 Å². The molecule has 22 heavy (non-hydrogen) atoms. The van der Waals surface area contributed by atoms with Crippen molar-refractivity contribution in [1.82, 2.24) is 0 Å². The Kier molecular flexibility index (Phi) is 7.48. The molecule has 0 aromatic heterocycles. The quantitative estimate of drug-likeness (QED) is 0.588. The molecule has 0 amide bonds. The van der Waals surface area contributed by atoms with Gasteiger partial charge in [0.15, 0.2) is 0 Å². The zero-order valence-electron chi connectivity index (χ0n) is 13.2. The van der Waals surface area contributed by atoms with E-state index in [2.05, 4.69) is 66.7 Å². The van der Waals surface area contributed by atoms with Gasteiger partial charge >= 0.3 is 0 Å². The van der Waals surface area contributed by atoms with E-state index in [0.717, 1.165) is 19.3 Å². The van der Waals surface area contributed by atoms with Gasteiger partial charge in [-0.25, -0.2) is 0 Å². The van der Waals surface area contributed by atoms with Crippen LogP contribution >= 0.6 is 0 Å². The Morgan fingerprint density at radius 2 is 1.41 bits per heavy atom. The highest BCUT2D eigenvalue weighted by Gasteiger charge is 2.00. The third-order valence-electron chi connectivity index (χ3n) is 3.87. The monoisotopic (exact) mass is 294 g/mol. The molecule has 0 saturated heterocycles. The second-order valence-corrected chi connectivity index (χ2v) is 5.64. The van der Waals surface area contributed by atoms with Gasteiger partial charge in [-0.15, -0.1) is 0 Å². The average molecular weight is 294 g/mol. The third-order valence-corrected chi connectivity index (χ3v) is 3.87.